The molecule has 0 radical (unpaired) electrons. The zero-order valence-corrected chi connectivity index (χ0v) is 14.6. The SMILES string of the molecule is COc1ccc(Cc2nc(CN3C(=O)NC(C)(C)C3=O)no2)c(C)c1. The number of nitrogens with one attached hydrogen (secondary N) is 1. The summed E-state index contributed by atoms with van der Waals surface area (Å²) in [6, 6.07) is 5.29. The van der Waals surface area contributed by atoms with Crippen LogP contribution in [0.1, 0.15) is 36.7 Å². The van der Waals surface area contributed by atoms with Crippen molar-refractivity contribution in [1.82, 2.24) is 20.4 Å². The maximum absolute atomic E-state index is 12.2. The Kier molecular flexibility index (Phi) is 4.20. The third-order valence-electron chi connectivity index (χ3n) is 4.15. The number of benzene rings is 1. The first-order valence-corrected chi connectivity index (χ1v) is 7.89. The van der Waals surface area contributed by atoms with Gasteiger partial charge in [0.05, 0.1) is 20.1 Å². The average molecular weight is 344 g/mol. The van der Waals surface area contributed by atoms with Gasteiger partial charge in [0.25, 0.3) is 5.91 Å². The van der Waals surface area contributed by atoms with Crippen LogP contribution in [0.15, 0.2) is 22.7 Å². The molecule has 0 atom stereocenters. The van der Waals surface area contributed by atoms with E-state index in [4.69, 9.17) is 9.26 Å². The molecule has 0 spiro atoms. The van der Waals surface area contributed by atoms with Crippen LogP contribution >= 0.6 is 0 Å². The van der Waals surface area contributed by atoms with Crippen molar-refractivity contribution < 1.29 is 18.8 Å². The van der Waals surface area contributed by atoms with Gasteiger partial charge in [0.1, 0.15) is 11.3 Å². The van der Waals surface area contributed by atoms with E-state index in [2.05, 4.69) is 15.5 Å². The highest BCUT2D eigenvalue weighted by atomic mass is 16.5. The first kappa shape index (κ1) is 16.9. The van der Waals surface area contributed by atoms with Crippen LogP contribution in [0.4, 0.5) is 4.79 Å². The Bertz CT molecular complexity index is 828. The van der Waals surface area contributed by atoms with Gasteiger partial charge in [-0.2, -0.15) is 4.98 Å². The van der Waals surface area contributed by atoms with Crippen molar-refractivity contribution in [2.75, 3.05) is 7.11 Å². The quantitative estimate of drug-likeness (QED) is 0.831. The fraction of sp³-hybridized carbons (Fsp3) is 0.412. The van der Waals surface area contributed by atoms with Gasteiger partial charge in [-0.3, -0.25) is 9.69 Å². The molecule has 132 valence electrons. The Morgan fingerprint density at radius 3 is 2.68 bits per heavy atom. The summed E-state index contributed by atoms with van der Waals surface area (Å²) in [4.78, 5) is 29.5. The van der Waals surface area contributed by atoms with Crippen LogP contribution < -0.4 is 10.1 Å². The minimum Gasteiger partial charge on any atom is -0.497 e. The van der Waals surface area contributed by atoms with Crippen LogP contribution in [0.25, 0.3) is 0 Å². The van der Waals surface area contributed by atoms with E-state index < -0.39 is 11.6 Å². The monoisotopic (exact) mass is 344 g/mol. The van der Waals surface area contributed by atoms with Gasteiger partial charge in [0, 0.05) is 0 Å². The predicted molar refractivity (Wildman–Crippen MR) is 88.0 cm³/mol. The lowest BCUT2D eigenvalue weighted by Gasteiger charge is -2.14. The maximum Gasteiger partial charge on any atom is 0.325 e. The molecule has 3 amide bonds. The molecule has 1 N–H and O–H groups in total. The number of hydrogen-bond acceptors (Lipinski definition) is 6. The number of nitrogens with zero attached hydrogens (tertiary/aromatic N) is 3. The first-order valence-electron chi connectivity index (χ1n) is 7.89. The van der Waals surface area contributed by atoms with Crippen molar-refractivity contribution in [1.29, 1.82) is 0 Å². The van der Waals surface area contributed by atoms with Crippen molar-refractivity contribution in [2.45, 2.75) is 39.3 Å². The van der Waals surface area contributed by atoms with Crippen LogP contribution in [-0.4, -0.2) is 39.6 Å². The lowest BCUT2D eigenvalue weighted by atomic mass is 10.1. The van der Waals surface area contributed by atoms with Crippen molar-refractivity contribution >= 4 is 11.9 Å². The Balaban J connectivity index is 1.71. The number of amides is 3. The number of urea groups is 1. The molecule has 3 rings (SSSR count). The molecule has 2 aromatic rings. The van der Waals surface area contributed by atoms with Crippen molar-refractivity contribution in [2.24, 2.45) is 0 Å². The molecule has 0 saturated carbocycles. The highest BCUT2D eigenvalue weighted by Gasteiger charge is 2.44. The van der Waals surface area contributed by atoms with Crippen molar-refractivity contribution in [3.8, 4) is 5.75 Å². The Hall–Kier alpha value is -2.90. The van der Waals surface area contributed by atoms with E-state index in [0.29, 0.717) is 18.1 Å². The molecule has 1 aliphatic rings. The zero-order chi connectivity index (χ0) is 18.2. The summed E-state index contributed by atoms with van der Waals surface area (Å²) in [5.41, 5.74) is 1.17. The molecule has 25 heavy (non-hydrogen) atoms. The number of hydrogen-bond donors (Lipinski definition) is 1. The number of methoxy groups -OCH3 is 1. The average Bonchev–Trinajstić information content (AvgIpc) is 3.07. The van der Waals surface area contributed by atoms with Crippen LogP contribution in [-0.2, 0) is 17.8 Å². The third-order valence-corrected chi connectivity index (χ3v) is 4.15. The van der Waals surface area contributed by atoms with Gasteiger partial charge in [-0.05, 0) is 44.0 Å². The lowest BCUT2D eigenvalue weighted by Crippen LogP contribution is -2.40. The Morgan fingerprint density at radius 2 is 2.08 bits per heavy atom. The number of carbonyl (C=O) groups excluding carboxylic acids is 2. The molecule has 2 heterocycles. The summed E-state index contributed by atoms with van der Waals surface area (Å²) in [5, 5.41) is 6.49. The molecule has 1 saturated heterocycles. The molecule has 8 heteroatoms. The van der Waals surface area contributed by atoms with Crippen molar-refractivity contribution in [3.63, 3.8) is 0 Å². The molecule has 1 aromatic heterocycles. The summed E-state index contributed by atoms with van der Waals surface area (Å²) >= 11 is 0. The lowest BCUT2D eigenvalue weighted by molar-refractivity contribution is -0.130. The molecule has 8 nitrogen and oxygen atoms in total. The Morgan fingerprint density at radius 1 is 1.32 bits per heavy atom. The molecular weight excluding hydrogens is 324 g/mol. The minimum absolute atomic E-state index is 0.0147. The van der Waals surface area contributed by atoms with E-state index in [1.807, 2.05) is 25.1 Å². The number of rotatable bonds is 5. The van der Waals surface area contributed by atoms with Gasteiger partial charge in [-0.25, -0.2) is 4.79 Å². The summed E-state index contributed by atoms with van der Waals surface area (Å²) in [7, 11) is 1.62. The minimum atomic E-state index is -0.913. The maximum atomic E-state index is 12.2. The van der Waals surface area contributed by atoms with E-state index in [1.54, 1.807) is 21.0 Å². The fourth-order valence-corrected chi connectivity index (χ4v) is 2.69. The molecule has 0 unspecified atom stereocenters. The van der Waals surface area contributed by atoms with E-state index in [1.165, 1.54) is 0 Å². The largest absolute Gasteiger partial charge is 0.497 e. The number of carbonyl (C=O) groups is 2. The molecule has 0 bridgehead atoms. The summed E-state index contributed by atoms with van der Waals surface area (Å²) in [6.45, 7) is 5.27. The number of ether oxygens (including phenoxy) is 1. The summed E-state index contributed by atoms with van der Waals surface area (Å²) in [6.07, 6.45) is 0.467. The van der Waals surface area contributed by atoms with Gasteiger partial charge >= 0.3 is 6.03 Å². The molecule has 1 fully saturated rings. The summed E-state index contributed by atoms with van der Waals surface area (Å²) < 4.78 is 10.4. The third kappa shape index (κ3) is 3.33. The first-order chi connectivity index (χ1) is 11.8. The van der Waals surface area contributed by atoms with Gasteiger partial charge in [0.2, 0.25) is 5.89 Å². The Labute approximate surface area is 145 Å². The fourth-order valence-electron chi connectivity index (χ4n) is 2.69. The van der Waals surface area contributed by atoms with Gasteiger partial charge < -0.3 is 14.6 Å². The van der Waals surface area contributed by atoms with Gasteiger partial charge in [0.15, 0.2) is 5.82 Å². The number of aryl methyl sites for hydroxylation is 1. The van der Waals surface area contributed by atoms with E-state index in [9.17, 15) is 9.59 Å². The normalized spacial score (nSPS) is 16.2. The van der Waals surface area contributed by atoms with E-state index in [-0.39, 0.29) is 12.5 Å². The van der Waals surface area contributed by atoms with Crippen molar-refractivity contribution in [3.05, 3.63) is 41.0 Å². The predicted octanol–water partition coefficient (Wildman–Crippen LogP) is 1.81. The highest BCUT2D eigenvalue weighted by molar-refractivity contribution is 6.06. The van der Waals surface area contributed by atoms with Crippen LogP contribution in [0.3, 0.4) is 0 Å². The van der Waals surface area contributed by atoms with E-state index in [0.717, 1.165) is 21.8 Å². The second-order valence-electron chi connectivity index (χ2n) is 6.52. The van der Waals surface area contributed by atoms with Crippen LogP contribution in [0.5, 0.6) is 5.75 Å². The standard InChI is InChI=1S/C17H20N4O4/c1-10-7-12(24-4)6-5-11(10)8-14-18-13(20-25-14)9-21-15(22)17(2,3)19-16(21)23/h5-7H,8-9H2,1-4H3,(H,19,23). The van der Waals surface area contributed by atoms with Gasteiger partial charge in [-0.15, -0.1) is 0 Å². The zero-order valence-electron chi connectivity index (χ0n) is 14.6. The molecule has 0 aliphatic carbocycles. The van der Waals surface area contributed by atoms with Crippen LogP contribution in [0, 0.1) is 6.92 Å². The number of imide groups is 1. The molecule has 1 aliphatic heterocycles. The second-order valence-corrected chi connectivity index (χ2v) is 6.52. The molecular formula is C17H20N4O4. The van der Waals surface area contributed by atoms with Crippen LogP contribution in [0.2, 0.25) is 0 Å². The second kappa shape index (κ2) is 6.19. The smallest absolute Gasteiger partial charge is 0.325 e. The topological polar surface area (TPSA) is 97.6 Å². The summed E-state index contributed by atoms with van der Waals surface area (Å²) in [5.74, 6) is 1.19. The highest BCUT2D eigenvalue weighted by Crippen LogP contribution is 2.21. The van der Waals surface area contributed by atoms with E-state index >= 15 is 0 Å². The number of aromatic nitrogens is 2. The molecule has 1 aromatic carbocycles. The van der Waals surface area contributed by atoms with Gasteiger partial charge in [-0.1, -0.05) is 11.2 Å².